The third-order valence-electron chi connectivity index (χ3n) is 4.57. The van der Waals surface area contributed by atoms with Crippen molar-refractivity contribution in [1.29, 1.82) is 0 Å². The Balaban J connectivity index is 1.66. The van der Waals surface area contributed by atoms with Crippen molar-refractivity contribution < 1.29 is 4.39 Å². The first kappa shape index (κ1) is 17.3. The SMILES string of the molecule is CCc1ncnc(NC2CCN(c3nccn(CC)c3=O)CC2)c1F. The van der Waals surface area contributed by atoms with Crippen molar-refractivity contribution in [2.75, 3.05) is 23.3 Å². The molecule has 0 amide bonds. The van der Waals surface area contributed by atoms with Gasteiger partial charge in [-0.15, -0.1) is 0 Å². The smallest absolute Gasteiger partial charge is 0.293 e. The third kappa shape index (κ3) is 3.62. The number of aryl methyl sites for hydroxylation is 2. The minimum Gasteiger partial charge on any atom is -0.365 e. The van der Waals surface area contributed by atoms with Crippen molar-refractivity contribution in [1.82, 2.24) is 19.5 Å². The van der Waals surface area contributed by atoms with Crippen molar-refractivity contribution in [2.24, 2.45) is 0 Å². The fourth-order valence-electron chi connectivity index (χ4n) is 3.08. The summed E-state index contributed by atoms with van der Waals surface area (Å²) in [7, 11) is 0. The van der Waals surface area contributed by atoms with Gasteiger partial charge in [-0.3, -0.25) is 4.79 Å². The predicted octanol–water partition coefficient (Wildman–Crippen LogP) is 1.84. The number of hydrogen-bond donors (Lipinski definition) is 1. The van der Waals surface area contributed by atoms with Gasteiger partial charge in [0.2, 0.25) is 0 Å². The molecule has 0 bridgehead atoms. The van der Waals surface area contributed by atoms with Crippen LogP contribution in [0.15, 0.2) is 23.5 Å². The molecule has 1 fully saturated rings. The Morgan fingerprint density at radius 1 is 1.24 bits per heavy atom. The second-order valence-electron chi connectivity index (χ2n) is 6.08. The van der Waals surface area contributed by atoms with Crippen LogP contribution in [0.3, 0.4) is 0 Å². The Morgan fingerprint density at radius 2 is 2.00 bits per heavy atom. The summed E-state index contributed by atoms with van der Waals surface area (Å²) in [4.78, 5) is 26.6. The molecule has 0 aromatic carbocycles. The average molecular weight is 346 g/mol. The number of nitrogens with zero attached hydrogens (tertiary/aromatic N) is 5. The molecule has 1 N–H and O–H groups in total. The van der Waals surface area contributed by atoms with Crippen LogP contribution in [0.1, 0.15) is 32.4 Å². The van der Waals surface area contributed by atoms with Crippen molar-refractivity contribution >= 4 is 11.6 Å². The molecule has 0 unspecified atom stereocenters. The highest BCUT2D eigenvalue weighted by atomic mass is 19.1. The largest absolute Gasteiger partial charge is 0.365 e. The topological polar surface area (TPSA) is 75.9 Å². The maximum absolute atomic E-state index is 14.3. The zero-order valence-electron chi connectivity index (χ0n) is 14.6. The van der Waals surface area contributed by atoms with Gasteiger partial charge in [0.15, 0.2) is 17.5 Å². The van der Waals surface area contributed by atoms with E-state index in [0.29, 0.717) is 37.6 Å². The molecular weight excluding hydrogens is 323 g/mol. The van der Waals surface area contributed by atoms with Crippen LogP contribution in [-0.4, -0.2) is 38.7 Å². The van der Waals surface area contributed by atoms with Gasteiger partial charge in [-0.25, -0.2) is 19.3 Å². The molecule has 1 saturated heterocycles. The van der Waals surface area contributed by atoms with Gasteiger partial charge in [-0.2, -0.15) is 0 Å². The number of piperidine rings is 1. The Labute approximate surface area is 145 Å². The second kappa shape index (κ2) is 7.58. The molecule has 0 aliphatic carbocycles. The second-order valence-corrected chi connectivity index (χ2v) is 6.08. The normalized spacial score (nSPS) is 15.4. The van der Waals surface area contributed by atoms with Gasteiger partial charge in [0, 0.05) is 38.1 Å². The van der Waals surface area contributed by atoms with Crippen LogP contribution in [0.4, 0.5) is 16.0 Å². The number of rotatable bonds is 5. The van der Waals surface area contributed by atoms with E-state index in [1.54, 1.807) is 17.0 Å². The molecule has 3 heterocycles. The summed E-state index contributed by atoms with van der Waals surface area (Å²) < 4.78 is 15.9. The Hall–Kier alpha value is -2.51. The van der Waals surface area contributed by atoms with Gasteiger partial charge in [0.05, 0.1) is 5.69 Å². The van der Waals surface area contributed by atoms with Gasteiger partial charge in [0.25, 0.3) is 5.56 Å². The van der Waals surface area contributed by atoms with E-state index in [9.17, 15) is 9.18 Å². The number of hydrogen-bond acceptors (Lipinski definition) is 6. The summed E-state index contributed by atoms with van der Waals surface area (Å²) in [6.45, 7) is 5.81. The van der Waals surface area contributed by atoms with E-state index in [0.717, 1.165) is 12.8 Å². The highest BCUT2D eigenvalue weighted by Crippen LogP contribution is 2.20. The first-order chi connectivity index (χ1) is 12.1. The minimum absolute atomic E-state index is 0.0640. The van der Waals surface area contributed by atoms with Crippen LogP contribution >= 0.6 is 0 Å². The first-order valence-corrected chi connectivity index (χ1v) is 8.70. The predicted molar refractivity (Wildman–Crippen MR) is 94.4 cm³/mol. The average Bonchev–Trinajstić information content (AvgIpc) is 2.64. The van der Waals surface area contributed by atoms with Crippen molar-refractivity contribution in [3.63, 3.8) is 0 Å². The highest BCUT2D eigenvalue weighted by Gasteiger charge is 2.23. The van der Waals surface area contributed by atoms with Gasteiger partial charge < -0.3 is 14.8 Å². The molecule has 3 rings (SSSR count). The standard InChI is InChI=1S/C17H23FN6O/c1-3-13-14(18)15(21-11-20-13)22-12-5-8-24(9-6-12)16-17(25)23(4-2)10-7-19-16/h7,10-12H,3-6,8-9H2,1-2H3,(H,20,21,22). The molecule has 8 heteroatoms. The Bertz CT molecular complexity index is 785. The maximum atomic E-state index is 14.3. The lowest BCUT2D eigenvalue weighted by Gasteiger charge is -2.33. The molecule has 134 valence electrons. The van der Waals surface area contributed by atoms with E-state index in [1.165, 1.54) is 6.33 Å². The zero-order valence-corrected chi connectivity index (χ0v) is 14.6. The van der Waals surface area contributed by atoms with E-state index in [-0.39, 0.29) is 23.2 Å². The van der Waals surface area contributed by atoms with Crippen LogP contribution in [0, 0.1) is 5.82 Å². The number of nitrogens with one attached hydrogen (secondary N) is 1. The fraction of sp³-hybridized carbons (Fsp3) is 0.529. The lowest BCUT2D eigenvalue weighted by Crippen LogP contribution is -2.42. The monoisotopic (exact) mass is 346 g/mol. The first-order valence-electron chi connectivity index (χ1n) is 8.70. The number of aromatic nitrogens is 4. The molecule has 1 aliphatic rings. The molecule has 0 saturated carbocycles. The van der Waals surface area contributed by atoms with Crippen LogP contribution in [0.25, 0.3) is 0 Å². The van der Waals surface area contributed by atoms with Crippen LogP contribution < -0.4 is 15.8 Å². The lowest BCUT2D eigenvalue weighted by atomic mass is 10.0. The van der Waals surface area contributed by atoms with Crippen LogP contribution in [-0.2, 0) is 13.0 Å². The molecule has 0 atom stereocenters. The molecule has 0 spiro atoms. The van der Waals surface area contributed by atoms with Crippen molar-refractivity contribution in [3.05, 3.63) is 40.6 Å². The van der Waals surface area contributed by atoms with E-state index in [4.69, 9.17) is 0 Å². The summed E-state index contributed by atoms with van der Waals surface area (Å²) in [5.74, 6) is 0.378. The maximum Gasteiger partial charge on any atom is 0.293 e. The van der Waals surface area contributed by atoms with Gasteiger partial charge in [-0.05, 0) is 26.2 Å². The van der Waals surface area contributed by atoms with Gasteiger partial charge >= 0.3 is 0 Å². The Morgan fingerprint density at radius 3 is 2.68 bits per heavy atom. The highest BCUT2D eigenvalue weighted by molar-refractivity contribution is 5.40. The summed E-state index contributed by atoms with van der Waals surface area (Å²) in [6, 6.07) is 0.113. The van der Waals surface area contributed by atoms with E-state index in [1.807, 2.05) is 18.7 Å². The summed E-state index contributed by atoms with van der Waals surface area (Å²) in [5, 5.41) is 3.18. The molecule has 2 aromatic heterocycles. The van der Waals surface area contributed by atoms with Crippen molar-refractivity contribution in [2.45, 2.75) is 45.7 Å². The van der Waals surface area contributed by atoms with Crippen molar-refractivity contribution in [3.8, 4) is 0 Å². The lowest BCUT2D eigenvalue weighted by molar-refractivity contribution is 0.512. The fourth-order valence-corrected chi connectivity index (χ4v) is 3.08. The Kier molecular flexibility index (Phi) is 5.25. The molecule has 25 heavy (non-hydrogen) atoms. The zero-order chi connectivity index (χ0) is 17.8. The minimum atomic E-state index is -0.372. The number of anilines is 2. The van der Waals surface area contributed by atoms with Gasteiger partial charge in [-0.1, -0.05) is 6.92 Å². The molecular formula is C17H23FN6O. The molecule has 0 radical (unpaired) electrons. The van der Waals surface area contributed by atoms with E-state index in [2.05, 4.69) is 20.3 Å². The summed E-state index contributed by atoms with van der Waals surface area (Å²) >= 11 is 0. The van der Waals surface area contributed by atoms with Crippen LogP contribution in [0.2, 0.25) is 0 Å². The molecule has 7 nitrogen and oxygen atoms in total. The molecule has 2 aromatic rings. The van der Waals surface area contributed by atoms with E-state index < -0.39 is 0 Å². The number of halogens is 1. The summed E-state index contributed by atoms with van der Waals surface area (Å²) in [6.07, 6.45) is 6.85. The quantitative estimate of drug-likeness (QED) is 0.890. The summed E-state index contributed by atoms with van der Waals surface area (Å²) in [5.41, 5.74) is 0.356. The van der Waals surface area contributed by atoms with E-state index >= 15 is 0 Å². The molecule has 1 aliphatic heterocycles. The third-order valence-corrected chi connectivity index (χ3v) is 4.57. The van der Waals surface area contributed by atoms with Gasteiger partial charge in [0.1, 0.15) is 6.33 Å². The van der Waals surface area contributed by atoms with Crippen LogP contribution in [0.5, 0.6) is 0 Å².